The molecule has 8 rings (SSSR count). The Hall–Kier alpha value is -7.30. The van der Waals surface area contributed by atoms with E-state index < -0.39 is 45.4 Å². The second kappa shape index (κ2) is 18.8. The van der Waals surface area contributed by atoms with Crippen LogP contribution in [0.2, 0.25) is 0 Å². The molecule has 65 heavy (non-hydrogen) atoms. The lowest BCUT2D eigenvalue weighted by Gasteiger charge is -2.29. The summed E-state index contributed by atoms with van der Waals surface area (Å²) in [5.41, 5.74) is -0.838. The van der Waals surface area contributed by atoms with E-state index in [1.54, 1.807) is 11.0 Å². The van der Waals surface area contributed by atoms with Gasteiger partial charge in [-0.15, -0.1) is 0 Å². The zero-order valence-electron chi connectivity index (χ0n) is 36.3. The number of likely N-dealkylation sites (tertiary alicyclic amines) is 1. The smallest absolute Gasteiger partial charge is 0.339 e. The van der Waals surface area contributed by atoms with Gasteiger partial charge in [0, 0.05) is 12.5 Å². The molecule has 0 bridgehead atoms. The van der Waals surface area contributed by atoms with Crippen LogP contribution < -0.4 is 43.0 Å². The maximum absolute atomic E-state index is 13.5. The summed E-state index contributed by atoms with van der Waals surface area (Å²) < 4.78 is 6.09. The van der Waals surface area contributed by atoms with Gasteiger partial charge in [0.05, 0.1) is 53.4 Å². The van der Waals surface area contributed by atoms with Crippen molar-refractivity contribution in [1.29, 1.82) is 0 Å². The fourth-order valence-electron chi connectivity index (χ4n) is 8.75. The van der Waals surface area contributed by atoms with E-state index in [9.17, 15) is 44.1 Å². The van der Waals surface area contributed by atoms with Gasteiger partial charge in [0.1, 0.15) is 28.3 Å². The number of nitrogens with zero attached hydrogens (tertiary/aromatic N) is 1. The molecule has 2 aliphatic heterocycles. The van der Waals surface area contributed by atoms with Crippen LogP contribution in [0.5, 0.6) is 11.5 Å². The van der Waals surface area contributed by atoms with Crippen LogP contribution in [0.25, 0.3) is 0 Å². The average molecular weight is 886 g/mol. The Morgan fingerprint density at radius 2 is 1.12 bits per heavy atom. The van der Waals surface area contributed by atoms with Gasteiger partial charge in [-0.1, -0.05) is 86.6 Å². The number of nitrogens with one attached hydrogen (secondary N) is 4. The summed E-state index contributed by atoms with van der Waals surface area (Å²) in [4.78, 5) is 75.1. The summed E-state index contributed by atoms with van der Waals surface area (Å²) in [6, 6.07) is 27.1. The molecular weight excluding hydrogens is 835 g/mol. The van der Waals surface area contributed by atoms with E-state index in [0.29, 0.717) is 19.4 Å². The highest BCUT2D eigenvalue weighted by Crippen LogP contribution is 2.44. The van der Waals surface area contributed by atoms with E-state index in [1.165, 1.54) is 30.3 Å². The zero-order chi connectivity index (χ0) is 46.7. The number of phenols is 2. The Bertz CT molecular complexity index is 2850. The third kappa shape index (κ3) is 9.08. The fourth-order valence-corrected chi connectivity index (χ4v) is 8.75. The van der Waals surface area contributed by atoms with Crippen molar-refractivity contribution in [3.05, 3.63) is 160 Å². The third-order valence-corrected chi connectivity index (χ3v) is 12.1. The number of ether oxygens (including phenoxy) is 1. The number of benzene rings is 4. The molecular formula is C49H51N5O11. The SMILES string of the molecule is CC[C@@H](Nc1c(Nc2cccc(C(=O)N3CC4OC(C)(C)C[C@@H]4[C@H]3CO)c2O)c(=O)c1=O)c1ccccc1.CC[C@@H](Nc1c(Nc2cccc(C(=O)O)c2O)c(=O)c1=O)c1ccccc1. The van der Waals surface area contributed by atoms with Gasteiger partial charge >= 0.3 is 5.97 Å². The van der Waals surface area contributed by atoms with Crippen molar-refractivity contribution in [2.45, 2.75) is 76.8 Å². The summed E-state index contributed by atoms with van der Waals surface area (Å²) in [5, 5.41) is 52.1. The normalized spacial score (nSPS) is 18.3. The molecule has 0 aromatic heterocycles. The molecule has 0 spiro atoms. The standard InChI is InChI=1S/C29H33N3O6.C20H18N2O5/c1-4-19(16-9-6-5-7-10-16)30-23-24(27(36)26(23)35)31-20-12-8-11-17(25(20)34)28(37)32-14-22-18(21(32)15-33)13-29(2,3)38-22;1-2-13(11-7-4-3-5-8-11)21-15-16(19(25)18(15)24)22-14-10-6-9-12(17(14)23)20(26)27/h5-12,18-19,21-22,30-31,33-34H,4,13-15H2,1-3H3;3-10,13,21-23H,2H2,1H3,(H,26,27)/t18-,19-,21-,22?;13-/m11/s1. The van der Waals surface area contributed by atoms with Crippen LogP contribution in [0.1, 0.15) is 90.9 Å². The molecule has 2 aliphatic rings. The number of fused-ring (bicyclic) bond motifs is 1. The lowest BCUT2D eigenvalue weighted by molar-refractivity contribution is -0.0189. The summed E-state index contributed by atoms with van der Waals surface area (Å²) in [5.74, 6) is -2.55. The lowest BCUT2D eigenvalue weighted by Crippen LogP contribution is -2.41. The highest BCUT2D eigenvalue weighted by Gasteiger charge is 2.52. The fraction of sp³-hybridized carbons (Fsp3) is 0.306. The van der Waals surface area contributed by atoms with Crippen molar-refractivity contribution in [2.24, 2.45) is 5.92 Å². The first-order chi connectivity index (χ1) is 31.1. The molecule has 6 aromatic carbocycles. The number of phenolic OH excluding ortho intramolecular Hbond substituents is 1. The molecule has 6 aromatic rings. The van der Waals surface area contributed by atoms with Crippen molar-refractivity contribution in [2.75, 3.05) is 34.4 Å². The Labute approximate surface area is 373 Å². The van der Waals surface area contributed by atoms with Gasteiger partial charge in [-0.2, -0.15) is 0 Å². The second-order valence-electron chi connectivity index (χ2n) is 16.8. The van der Waals surface area contributed by atoms with Crippen molar-refractivity contribution in [3.63, 3.8) is 0 Å². The Balaban J connectivity index is 0.000000206. The molecule has 5 atom stereocenters. The molecule has 2 fully saturated rings. The summed E-state index contributed by atoms with van der Waals surface area (Å²) in [6.45, 7) is 8.04. The molecule has 0 saturated carbocycles. The topological polar surface area (TPSA) is 244 Å². The first kappa shape index (κ1) is 45.7. The minimum absolute atomic E-state index is 0.00669. The van der Waals surface area contributed by atoms with Crippen LogP contribution in [-0.2, 0) is 4.74 Å². The molecule has 16 nitrogen and oxygen atoms in total. The van der Waals surface area contributed by atoms with E-state index in [0.717, 1.165) is 17.5 Å². The maximum Gasteiger partial charge on any atom is 0.339 e. The molecule has 338 valence electrons. The molecule has 8 N–H and O–H groups in total. The number of carboxylic acid groups (broad SMARTS) is 1. The first-order valence-electron chi connectivity index (χ1n) is 21.4. The van der Waals surface area contributed by atoms with Crippen molar-refractivity contribution >= 4 is 46.0 Å². The summed E-state index contributed by atoms with van der Waals surface area (Å²) in [6.07, 6.45) is 1.91. The predicted octanol–water partition coefficient (Wildman–Crippen LogP) is 6.29. The maximum atomic E-state index is 13.5. The number of hydrogen-bond donors (Lipinski definition) is 8. The van der Waals surface area contributed by atoms with E-state index in [2.05, 4.69) is 21.3 Å². The number of aromatic carboxylic acids is 1. The number of anilines is 6. The van der Waals surface area contributed by atoms with E-state index in [1.807, 2.05) is 88.4 Å². The van der Waals surface area contributed by atoms with Crippen LogP contribution in [0.15, 0.2) is 116 Å². The molecule has 1 amide bonds. The molecule has 0 aliphatic carbocycles. The number of aliphatic hydroxyl groups excluding tert-OH is 1. The van der Waals surface area contributed by atoms with Crippen LogP contribution in [0.4, 0.5) is 34.1 Å². The quantitative estimate of drug-likeness (QED) is 0.0417. The number of rotatable bonds is 15. The van der Waals surface area contributed by atoms with Gasteiger partial charge in [-0.25, -0.2) is 4.79 Å². The van der Waals surface area contributed by atoms with Crippen molar-refractivity contribution in [1.82, 2.24) is 4.90 Å². The molecule has 16 heteroatoms. The zero-order valence-corrected chi connectivity index (χ0v) is 36.3. The Morgan fingerprint density at radius 1 is 0.677 bits per heavy atom. The number of carbonyl (C=O) groups is 2. The highest BCUT2D eigenvalue weighted by atomic mass is 16.5. The molecule has 2 saturated heterocycles. The van der Waals surface area contributed by atoms with Crippen LogP contribution >= 0.6 is 0 Å². The van der Waals surface area contributed by atoms with Gasteiger partial charge in [0.15, 0.2) is 11.5 Å². The molecule has 1 unspecified atom stereocenters. The van der Waals surface area contributed by atoms with Gasteiger partial charge in [-0.05, 0) is 68.5 Å². The summed E-state index contributed by atoms with van der Waals surface area (Å²) >= 11 is 0. The van der Waals surface area contributed by atoms with E-state index >= 15 is 0 Å². The number of amides is 1. The first-order valence-corrected chi connectivity index (χ1v) is 21.4. The minimum atomic E-state index is -1.30. The van der Waals surface area contributed by atoms with Gasteiger partial charge in [0.25, 0.3) is 27.6 Å². The number of carboxylic acids is 1. The predicted molar refractivity (Wildman–Crippen MR) is 248 cm³/mol. The molecule has 0 radical (unpaired) electrons. The number of carbonyl (C=O) groups excluding carboxylic acids is 1. The third-order valence-electron chi connectivity index (χ3n) is 12.1. The number of aliphatic hydroxyl groups is 1. The second-order valence-corrected chi connectivity index (χ2v) is 16.8. The highest BCUT2D eigenvalue weighted by molar-refractivity contribution is 6.00. The number of aromatic hydroxyl groups is 2. The molecule has 2 heterocycles. The number of para-hydroxylation sites is 2. The largest absolute Gasteiger partial charge is 0.505 e. The van der Waals surface area contributed by atoms with Crippen LogP contribution in [0.3, 0.4) is 0 Å². The van der Waals surface area contributed by atoms with Gasteiger partial charge in [0.2, 0.25) is 0 Å². The van der Waals surface area contributed by atoms with Gasteiger partial charge in [-0.3, -0.25) is 24.0 Å². The Kier molecular flexibility index (Phi) is 13.2. The van der Waals surface area contributed by atoms with Crippen molar-refractivity contribution in [3.8, 4) is 11.5 Å². The monoisotopic (exact) mass is 885 g/mol. The minimum Gasteiger partial charge on any atom is -0.505 e. The lowest BCUT2D eigenvalue weighted by atomic mass is 9.91. The summed E-state index contributed by atoms with van der Waals surface area (Å²) in [7, 11) is 0. The van der Waals surface area contributed by atoms with Crippen molar-refractivity contribution < 1.29 is 34.8 Å². The Morgan fingerprint density at radius 3 is 1.57 bits per heavy atom. The average Bonchev–Trinajstić information content (AvgIpc) is 3.80. The van der Waals surface area contributed by atoms with Crippen LogP contribution in [-0.4, -0.2) is 68.1 Å². The van der Waals surface area contributed by atoms with Gasteiger partial charge < -0.3 is 51.3 Å². The van der Waals surface area contributed by atoms with E-state index in [4.69, 9.17) is 9.84 Å². The van der Waals surface area contributed by atoms with E-state index in [-0.39, 0.29) is 87.3 Å². The van der Waals surface area contributed by atoms with Crippen LogP contribution in [0, 0.1) is 5.92 Å². The number of hydrogen-bond acceptors (Lipinski definition) is 14.